The molecule has 1 amide bonds. The summed E-state index contributed by atoms with van der Waals surface area (Å²) in [7, 11) is 1.62. The van der Waals surface area contributed by atoms with Crippen molar-refractivity contribution in [1.82, 2.24) is 20.1 Å². The van der Waals surface area contributed by atoms with Gasteiger partial charge in [0.05, 0.1) is 13.2 Å². The van der Waals surface area contributed by atoms with Crippen LogP contribution in [0.2, 0.25) is 0 Å². The summed E-state index contributed by atoms with van der Waals surface area (Å²) in [4.78, 5) is 12.9. The summed E-state index contributed by atoms with van der Waals surface area (Å²) in [6.45, 7) is 2.30. The number of carbonyl (C=O) groups excluding carboxylic acids is 1. The fraction of sp³-hybridized carbons (Fsp3) is 0.318. The number of carbonyl (C=O) groups is 1. The quantitative estimate of drug-likeness (QED) is 0.625. The topological polar surface area (TPSA) is 71.9 Å². The Bertz CT molecular complexity index is 1070. The summed E-state index contributed by atoms with van der Waals surface area (Å²) >= 11 is 5.37. The molecule has 6 nitrogen and oxygen atoms in total. The molecule has 0 saturated carbocycles. The van der Waals surface area contributed by atoms with Crippen molar-refractivity contribution < 1.29 is 9.53 Å². The molecule has 1 aliphatic rings. The number of nitrogens with one attached hydrogen (secondary N) is 2. The molecule has 2 N–H and O–H groups in total. The van der Waals surface area contributed by atoms with Crippen molar-refractivity contribution in [2.24, 2.45) is 5.92 Å². The number of rotatable bonds is 5. The number of methoxy groups -OCH3 is 1. The molecule has 29 heavy (non-hydrogen) atoms. The Labute approximate surface area is 174 Å². The third-order valence-corrected chi connectivity index (χ3v) is 5.86. The van der Waals surface area contributed by atoms with E-state index < -0.39 is 0 Å². The molecule has 4 rings (SSSR count). The molecule has 0 aliphatic heterocycles. The van der Waals surface area contributed by atoms with E-state index in [1.54, 1.807) is 11.7 Å². The van der Waals surface area contributed by atoms with Crippen molar-refractivity contribution in [3.05, 3.63) is 64.4 Å². The van der Waals surface area contributed by atoms with Crippen LogP contribution in [0.3, 0.4) is 0 Å². The van der Waals surface area contributed by atoms with Crippen molar-refractivity contribution in [2.45, 2.75) is 32.4 Å². The summed E-state index contributed by atoms with van der Waals surface area (Å²) in [5, 5.41) is 10.3. The molecule has 1 heterocycles. The van der Waals surface area contributed by atoms with Gasteiger partial charge >= 0.3 is 0 Å². The maximum absolute atomic E-state index is 12.9. The number of aryl methyl sites for hydroxylation is 1. The largest absolute Gasteiger partial charge is 0.497 e. The van der Waals surface area contributed by atoms with Crippen LogP contribution >= 0.6 is 12.2 Å². The standard InChI is InChI=1S/C22H24N4O2S/c1-14-7-8-15-5-3-4-6-18(15)20(14)23-19(27)13-26-21(24-25-22(26)29)16-9-11-17(28-2)12-10-16/h3-6,9-12,14,20H,7-8,13H2,1-2H3,(H,23,27)(H,25,29). The van der Waals surface area contributed by atoms with Crippen LogP contribution in [-0.2, 0) is 17.8 Å². The van der Waals surface area contributed by atoms with Crippen LogP contribution in [0.4, 0.5) is 0 Å². The van der Waals surface area contributed by atoms with E-state index in [0.29, 0.717) is 16.5 Å². The highest BCUT2D eigenvalue weighted by Crippen LogP contribution is 2.34. The highest BCUT2D eigenvalue weighted by Gasteiger charge is 2.27. The number of hydrogen-bond acceptors (Lipinski definition) is 4. The summed E-state index contributed by atoms with van der Waals surface area (Å²) in [6.07, 6.45) is 2.11. The molecule has 0 radical (unpaired) electrons. The molecule has 7 heteroatoms. The lowest BCUT2D eigenvalue weighted by Gasteiger charge is -2.32. The Morgan fingerprint density at radius 2 is 2.03 bits per heavy atom. The number of nitrogens with zero attached hydrogens (tertiary/aromatic N) is 2. The van der Waals surface area contributed by atoms with E-state index in [4.69, 9.17) is 17.0 Å². The smallest absolute Gasteiger partial charge is 0.240 e. The predicted molar refractivity (Wildman–Crippen MR) is 114 cm³/mol. The van der Waals surface area contributed by atoms with Gasteiger partial charge in [-0.15, -0.1) is 0 Å². The first kappa shape index (κ1) is 19.4. The monoisotopic (exact) mass is 408 g/mol. The number of ether oxygens (including phenoxy) is 1. The molecule has 1 aliphatic carbocycles. The summed E-state index contributed by atoms with van der Waals surface area (Å²) in [5.74, 6) is 1.69. The van der Waals surface area contributed by atoms with Gasteiger partial charge in [-0.05, 0) is 66.4 Å². The Morgan fingerprint density at radius 3 is 2.79 bits per heavy atom. The zero-order valence-corrected chi connectivity index (χ0v) is 17.3. The molecular formula is C22H24N4O2S. The minimum atomic E-state index is -0.0779. The number of aromatic nitrogens is 3. The molecule has 2 unspecified atom stereocenters. The van der Waals surface area contributed by atoms with Crippen molar-refractivity contribution in [1.29, 1.82) is 0 Å². The lowest BCUT2D eigenvalue weighted by atomic mass is 9.80. The van der Waals surface area contributed by atoms with Crippen LogP contribution in [0.15, 0.2) is 48.5 Å². The Morgan fingerprint density at radius 1 is 1.28 bits per heavy atom. The lowest BCUT2D eigenvalue weighted by molar-refractivity contribution is -0.122. The minimum Gasteiger partial charge on any atom is -0.497 e. The molecule has 0 spiro atoms. The van der Waals surface area contributed by atoms with Gasteiger partial charge in [0.1, 0.15) is 12.3 Å². The van der Waals surface area contributed by atoms with Crippen LogP contribution in [0.5, 0.6) is 5.75 Å². The number of fused-ring (bicyclic) bond motifs is 1. The van der Waals surface area contributed by atoms with Gasteiger partial charge in [-0.3, -0.25) is 14.5 Å². The maximum atomic E-state index is 12.9. The first-order valence-electron chi connectivity index (χ1n) is 9.73. The number of H-pyrrole nitrogens is 1. The van der Waals surface area contributed by atoms with Crippen LogP contribution < -0.4 is 10.1 Å². The van der Waals surface area contributed by atoms with E-state index in [9.17, 15) is 4.79 Å². The molecule has 3 aromatic rings. The first-order chi connectivity index (χ1) is 14.1. The highest BCUT2D eigenvalue weighted by molar-refractivity contribution is 7.71. The number of benzene rings is 2. The van der Waals surface area contributed by atoms with Crippen LogP contribution in [0.1, 0.15) is 30.5 Å². The van der Waals surface area contributed by atoms with Gasteiger partial charge in [0, 0.05) is 5.56 Å². The number of aromatic amines is 1. The summed E-state index contributed by atoms with van der Waals surface area (Å²) < 4.78 is 7.36. The SMILES string of the molecule is COc1ccc(-c2n[nH]c(=S)n2CC(=O)NC2c3ccccc3CCC2C)cc1. The summed E-state index contributed by atoms with van der Waals surface area (Å²) in [5.41, 5.74) is 3.39. The fourth-order valence-electron chi connectivity index (χ4n) is 3.93. The average Bonchev–Trinajstić information content (AvgIpc) is 3.10. The Balaban J connectivity index is 1.55. The predicted octanol–water partition coefficient (Wildman–Crippen LogP) is 4.06. The van der Waals surface area contributed by atoms with Gasteiger partial charge in [-0.1, -0.05) is 31.2 Å². The molecule has 1 aromatic heterocycles. The normalized spacial score (nSPS) is 18.1. The molecular weight excluding hydrogens is 384 g/mol. The van der Waals surface area contributed by atoms with Gasteiger partial charge in [0.15, 0.2) is 10.6 Å². The van der Waals surface area contributed by atoms with E-state index in [2.05, 4.69) is 40.6 Å². The van der Waals surface area contributed by atoms with Gasteiger partial charge in [-0.2, -0.15) is 5.10 Å². The second kappa shape index (κ2) is 8.21. The molecule has 2 aromatic carbocycles. The van der Waals surface area contributed by atoms with Crippen LogP contribution in [-0.4, -0.2) is 27.8 Å². The fourth-order valence-corrected chi connectivity index (χ4v) is 4.13. The Hall–Kier alpha value is -2.93. The average molecular weight is 409 g/mol. The summed E-state index contributed by atoms with van der Waals surface area (Å²) in [6, 6.07) is 15.9. The maximum Gasteiger partial charge on any atom is 0.240 e. The highest BCUT2D eigenvalue weighted by atomic mass is 32.1. The molecule has 2 atom stereocenters. The van der Waals surface area contributed by atoms with E-state index in [1.165, 1.54) is 11.1 Å². The third-order valence-electron chi connectivity index (χ3n) is 5.55. The molecule has 150 valence electrons. The molecule has 0 bridgehead atoms. The second-order valence-corrected chi connectivity index (χ2v) is 7.81. The molecule has 0 fully saturated rings. The van der Waals surface area contributed by atoms with Gasteiger partial charge in [-0.25, -0.2) is 0 Å². The zero-order valence-electron chi connectivity index (χ0n) is 16.5. The van der Waals surface area contributed by atoms with Gasteiger partial charge in [0.25, 0.3) is 0 Å². The van der Waals surface area contributed by atoms with Gasteiger partial charge < -0.3 is 10.1 Å². The first-order valence-corrected chi connectivity index (χ1v) is 10.1. The van der Waals surface area contributed by atoms with Crippen molar-refractivity contribution >= 4 is 18.1 Å². The third kappa shape index (κ3) is 3.96. The van der Waals surface area contributed by atoms with Crippen molar-refractivity contribution in [2.75, 3.05) is 7.11 Å². The number of hydrogen-bond donors (Lipinski definition) is 2. The zero-order chi connectivity index (χ0) is 20.4. The van der Waals surface area contributed by atoms with E-state index in [1.807, 2.05) is 30.3 Å². The lowest BCUT2D eigenvalue weighted by Crippen LogP contribution is -2.37. The van der Waals surface area contributed by atoms with Crippen LogP contribution in [0.25, 0.3) is 11.4 Å². The van der Waals surface area contributed by atoms with E-state index in [-0.39, 0.29) is 18.5 Å². The second-order valence-electron chi connectivity index (χ2n) is 7.43. The Kier molecular flexibility index (Phi) is 5.49. The number of amides is 1. The minimum absolute atomic E-state index is 0.0120. The van der Waals surface area contributed by atoms with Crippen molar-refractivity contribution in [3.63, 3.8) is 0 Å². The van der Waals surface area contributed by atoms with E-state index >= 15 is 0 Å². The van der Waals surface area contributed by atoms with Gasteiger partial charge in [0.2, 0.25) is 5.91 Å². The van der Waals surface area contributed by atoms with E-state index in [0.717, 1.165) is 24.2 Å². The molecule has 0 saturated heterocycles. The van der Waals surface area contributed by atoms with Crippen molar-refractivity contribution in [3.8, 4) is 17.1 Å². The van der Waals surface area contributed by atoms with Crippen LogP contribution in [0, 0.1) is 10.7 Å².